The van der Waals surface area contributed by atoms with Crippen LogP contribution < -0.4 is 4.74 Å². The molecular formula is C16H23NO3. The highest BCUT2D eigenvalue weighted by molar-refractivity contribution is 5.75. The third-order valence-electron chi connectivity index (χ3n) is 3.82. The van der Waals surface area contributed by atoms with Gasteiger partial charge in [0.25, 0.3) is 0 Å². The lowest BCUT2D eigenvalue weighted by molar-refractivity contribution is -0.145. The molecule has 4 heteroatoms. The number of nitrogens with zero attached hydrogens (tertiary/aromatic N) is 1. The fourth-order valence-electron chi connectivity index (χ4n) is 2.63. The summed E-state index contributed by atoms with van der Waals surface area (Å²) in [6.45, 7) is 6.39. The molecule has 0 radical (unpaired) electrons. The molecule has 0 bridgehead atoms. The van der Waals surface area contributed by atoms with E-state index in [1.165, 1.54) is 12.7 Å². The van der Waals surface area contributed by atoms with Gasteiger partial charge in [-0.2, -0.15) is 0 Å². The predicted octanol–water partition coefficient (Wildman–Crippen LogP) is 2.32. The van der Waals surface area contributed by atoms with Gasteiger partial charge in [0.2, 0.25) is 0 Å². The fourth-order valence-corrected chi connectivity index (χ4v) is 2.63. The van der Waals surface area contributed by atoms with E-state index < -0.39 is 0 Å². The molecule has 0 spiro atoms. The fraction of sp³-hybridized carbons (Fsp3) is 0.562. The lowest BCUT2D eigenvalue weighted by Crippen LogP contribution is -2.39. The van der Waals surface area contributed by atoms with Crippen LogP contribution in [0.25, 0.3) is 0 Å². The molecule has 1 aliphatic rings. The molecule has 1 unspecified atom stereocenters. The van der Waals surface area contributed by atoms with Gasteiger partial charge in [-0.05, 0) is 50.4 Å². The van der Waals surface area contributed by atoms with Crippen LogP contribution in [0.15, 0.2) is 18.2 Å². The molecule has 110 valence electrons. The number of carbonyl (C=O) groups excluding carboxylic acids is 1. The van der Waals surface area contributed by atoms with E-state index in [1.54, 1.807) is 0 Å². The predicted molar refractivity (Wildman–Crippen MR) is 78.0 cm³/mol. The monoisotopic (exact) mass is 277 g/mol. The first-order valence-corrected chi connectivity index (χ1v) is 7.13. The van der Waals surface area contributed by atoms with Crippen LogP contribution in [0.2, 0.25) is 0 Å². The van der Waals surface area contributed by atoms with Gasteiger partial charge < -0.3 is 9.47 Å². The maximum Gasteiger partial charge on any atom is 0.323 e. The summed E-state index contributed by atoms with van der Waals surface area (Å²) in [5, 5.41) is 0. The maximum atomic E-state index is 11.7. The molecule has 0 aliphatic carbocycles. The Hall–Kier alpha value is -1.55. The second-order valence-electron chi connectivity index (χ2n) is 5.33. The standard InChI is InChI=1S/C16H23NO3/c1-12-6-7-13(2)15(11-12)20-10-9-17-8-4-5-14(17)16(18)19-3/h6-7,11,14H,4-5,8-10H2,1-3H3. The van der Waals surface area contributed by atoms with Crippen molar-refractivity contribution in [2.24, 2.45) is 0 Å². The molecule has 1 heterocycles. The van der Waals surface area contributed by atoms with Crippen molar-refractivity contribution >= 4 is 5.97 Å². The van der Waals surface area contributed by atoms with Gasteiger partial charge in [0.15, 0.2) is 0 Å². The zero-order chi connectivity index (χ0) is 14.5. The number of methoxy groups -OCH3 is 1. The first-order valence-electron chi connectivity index (χ1n) is 7.13. The molecule has 0 amide bonds. The van der Waals surface area contributed by atoms with Gasteiger partial charge >= 0.3 is 5.97 Å². The van der Waals surface area contributed by atoms with Crippen molar-refractivity contribution in [3.8, 4) is 5.75 Å². The molecule has 0 aromatic heterocycles. The molecule has 1 atom stereocenters. The Labute approximate surface area is 120 Å². The highest BCUT2D eigenvalue weighted by Crippen LogP contribution is 2.20. The summed E-state index contributed by atoms with van der Waals surface area (Å²) in [5.74, 6) is 0.799. The zero-order valence-corrected chi connectivity index (χ0v) is 12.5. The zero-order valence-electron chi connectivity index (χ0n) is 12.5. The molecule has 0 N–H and O–H groups in total. The Bertz CT molecular complexity index is 473. The average molecular weight is 277 g/mol. The Morgan fingerprint density at radius 3 is 2.95 bits per heavy atom. The van der Waals surface area contributed by atoms with Gasteiger partial charge in [-0.1, -0.05) is 12.1 Å². The van der Waals surface area contributed by atoms with Crippen LogP contribution in [0.4, 0.5) is 0 Å². The molecule has 20 heavy (non-hydrogen) atoms. The number of rotatable bonds is 5. The van der Waals surface area contributed by atoms with Crippen molar-refractivity contribution in [2.75, 3.05) is 26.8 Å². The summed E-state index contributed by atoms with van der Waals surface area (Å²) in [6.07, 6.45) is 1.93. The Balaban J connectivity index is 1.86. The molecule has 1 aromatic carbocycles. The first-order chi connectivity index (χ1) is 9.61. The van der Waals surface area contributed by atoms with Crippen LogP contribution in [-0.4, -0.2) is 43.7 Å². The van der Waals surface area contributed by atoms with Crippen molar-refractivity contribution in [2.45, 2.75) is 32.7 Å². The van der Waals surface area contributed by atoms with Gasteiger partial charge in [-0.15, -0.1) is 0 Å². The number of ether oxygens (including phenoxy) is 2. The summed E-state index contributed by atoms with van der Waals surface area (Å²) < 4.78 is 10.7. The Kier molecular flexibility index (Phi) is 5.01. The van der Waals surface area contributed by atoms with Crippen molar-refractivity contribution in [3.63, 3.8) is 0 Å². The van der Waals surface area contributed by atoms with Crippen molar-refractivity contribution in [3.05, 3.63) is 29.3 Å². The summed E-state index contributed by atoms with van der Waals surface area (Å²) in [6, 6.07) is 6.10. The van der Waals surface area contributed by atoms with E-state index in [-0.39, 0.29) is 12.0 Å². The van der Waals surface area contributed by atoms with Gasteiger partial charge in [-0.3, -0.25) is 9.69 Å². The largest absolute Gasteiger partial charge is 0.492 e. The smallest absolute Gasteiger partial charge is 0.323 e. The Morgan fingerprint density at radius 2 is 2.20 bits per heavy atom. The highest BCUT2D eigenvalue weighted by Gasteiger charge is 2.31. The summed E-state index contributed by atoms with van der Waals surface area (Å²) in [7, 11) is 1.45. The molecule has 1 aromatic rings. The molecule has 1 aliphatic heterocycles. The SMILES string of the molecule is COC(=O)C1CCCN1CCOc1cc(C)ccc1C. The number of benzene rings is 1. The first kappa shape index (κ1) is 14.9. The van der Waals surface area contributed by atoms with Gasteiger partial charge in [0.1, 0.15) is 18.4 Å². The molecule has 1 fully saturated rings. The minimum atomic E-state index is -0.130. The quantitative estimate of drug-likeness (QED) is 0.774. The lowest BCUT2D eigenvalue weighted by Gasteiger charge is -2.22. The number of hydrogen-bond acceptors (Lipinski definition) is 4. The number of carbonyl (C=O) groups is 1. The maximum absolute atomic E-state index is 11.7. The summed E-state index contributed by atoms with van der Waals surface area (Å²) >= 11 is 0. The summed E-state index contributed by atoms with van der Waals surface area (Å²) in [5.41, 5.74) is 2.33. The van der Waals surface area contributed by atoms with E-state index in [4.69, 9.17) is 9.47 Å². The number of aryl methyl sites for hydroxylation is 2. The van der Waals surface area contributed by atoms with Crippen LogP contribution in [0, 0.1) is 13.8 Å². The number of hydrogen-bond donors (Lipinski definition) is 0. The summed E-state index contributed by atoms with van der Waals surface area (Å²) in [4.78, 5) is 13.8. The molecule has 2 rings (SSSR count). The van der Waals surface area contributed by atoms with Crippen molar-refractivity contribution < 1.29 is 14.3 Å². The minimum absolute atomic E-state index is 0.0952. The topological polar surface area (TPSA) is 38.8 Å². The van der Waals surface area contributed by atoms with Crippen LogP contribution in [0.3, 0.4) is 0 Å². The second kappa shape index (κ2) is 6.75. The van der Waals surface area contributed by atoms with Gasteiger partial charge in [0.05, 0.1) is 7.11 Å². The van der Waals surface area contributed by atoms with Crippen molar-refractivity contribution in [1.82, 2.24) is 4.90 Å². The van der Waals surface area contributed by atoms with Crippen LogP contribution >= 0.6 is 0 Å². The number of likely N-dealkylation sites (tertiary alicyclic amines) is 1. The number of esters is 1. The minimum Gasteiger partial charge on any atom is -0.492 e. The van der Waals surface area contributed by atoms with Gasteiger partial charge in [0, 0.05) is 6.54 Å². The molecule has 1 saturated heterocycles. The second-order valence-corrected chi connectivity index (χ2v) is 5.33. The van der Waals surface area contributed by atoms with Crippen LogP contribution in [0.5, 0.6) is 5.75 Å². The van der Waals surface area contributed by atoms with Gasteiger partial charge in [-0.25, -0.2) is 0 Å². The lowest BCUT2D eigenvalue weighted by atomic mass is 10.1. The van der Waals surface area contributed by atoms with E-state index >= 15 is 0 Å². The van der Waals surface area contributed by atoms with E-state index in [0.717, 1.165) is 37.2 Å². The average Bonchev–Trinajstić information content (AvgIpc) is 2.90. The third kappa shape index (κ3) is 3.51. The van der Waals surface area contributed by atoms with E-state index in [1.807, 2.05) is 6.92 Å². The molecule has 4 nitrogen and oxygen atoms in total. The van der Waals surface area contributed by atoms with Crippen molar-refractivity contribution in [1.29, 1.82) is 0 Å². The third-order valence-corrected chi connectivity index (χ3v) is 3.82. The molecular weight excluding hydrogens is 254 g/mol. The molecule has 0 saturated carbocycles. The van der Waals surface area contributed by atoms with Crippen LogP contribution in [0.1, 0.15) is 24.0 Å². The normalized spacial score (nSPS) is 19.1. The van der Waals surface area contributed by atoms with E-state index in [2.05, 4.69) is 30.0 Å². The Morgan fingerprint density at radius 1 is 1.40 bits per heavy atom. The van der Waals surface area contributed by atoms with E-state index in [9.17, 15) is 4.79 Å². The van der Waals surface area contributed by atoms with E-state index in [0.29, 0.717) is 6.61 Å². The highest BCUT2D eigenvalue weighted by atomic mass is 16.5. The van der Waals surface area contributed by atoms with Crippen LogP contribution in [-0.2, 0) is 9.53 Å².